The van der Waals surface area contributed by atoms with Crippen LogP contribution in [0.5, 0.6) is 0 Å². The lowest BCUT2D eigenvalue weighted by atomic mass is 9.72. The maximum Gasteiger partial charge on any atom is 0.0772 e. The van der Waals surface area contributed by atoms with Crippen molar-refractivity contribution in [1.29, 1.82) is 0 Å². The molecular weight excluding hydrogens is 366 g/mol. The maximum atomic E-state index is 10.7. The van der Waals surface area contributed by atoms with Gasteiger partial charge in [-0.05, 0) is 51.0 Å². The molecular formula is C28H57NO. The van der Waals surface area contributed by atoms with Gasteiger partial charge in [0.2, 0.25) is 0 Å². The van der Waals surface area contributed by atoms with Crippen molar-refractivity contribution < 1.29 is 5.11 Å². The van der Waals surface area contributed by atoms with Gasteiger partial charge in [0, 0.05) is 6.04 Å². The van der Waals surface area contributed by atoms with Gasteiger partial charge in [0.05, 0.1) is 5.60 Å². The highest BCUT2D eigenvalue weighted by Gasteiger charge is 2.38. The molecule has 1 rings (SSSR count). The number of nitrogens with one attached hydrogen (secondary N) is 1. The SMILES string of the molecule is CCCCCCCCCCCCCCCCCCNC1CC(C(C)C)CCC1(C)O. The molecule has 3 atom stereocenters. The molecule has 0 aromatic carbocycles. The Kier molecular flexibility index (Phi) is 16.3. The minimum Gasteiger partial charge on any atom is -0.389 e. The largest absolute Gasteiger partial charge is 0.389 e. The van der Waals surface area contributed by atoms with Gasteiger partial charge in [-0.1, -0.05) is 117 Å². The van der Waals surface area contributed by atoms with Crippen molar-refractivity contribution in [2.24, 2.45) is 11.8 Å². The van der Waals surface area contributed by atoms with Crippen LogP contribution in [-0.2, 0) is 0 Å². The second kappa shape index (κ2) is 17.5. The molecule has 1 saturated carbocycles. The van der Waals surface area contributed by atoms with Gasteiger partial charge in [-0.15, -0.1) is 0 Å². The fraction of sp³-hybridized carbons (Fsp3) is 1.00. The van der Waals surface area contributed by atoms with Crippen molar-refractivity contribution in [3.8, 4) is 0 Å². The van der Waals surface area contributed by atoms with Gasteiger partial charge >= 0.3 is 0 Å². The van der Waals surface area contributed by atoms with Crippen molar-refractivity contribution >= 4 is 0 Å². The summed E-state index contributed by atoms with van der Waals surface area (Å²) in [5.41, 5.74) is -0.513. The number of rotatable bonds is 19. The molecule has 0 saturated heterocycles. The normalized spacial score (nSPS) is 24.6. The van der Waals surface area contributed by atoms with Crippen molar-refractivity contribution in [2.45, 2.75) is 161 Å². The second-order valence-corrected chi connectivity index (χ2v) is 10.9. The van der Waals surface area contributed by atoms with E-state index in [0.717, 1.165) is 31.2 Å². The molecule has 1 fully saturated rings. The molecule has 1 aliphatic carbocycles. The smallest absolute Gasteiger partial charge is 0.0772 e. The average Bonchev–Trinajstić information content (AvgIpc) is 2.71. The summed E-state index contributed by atoms with van der Waals surface area (Å²) in [7, 11) is 0. The molecule has 30 heavy (non-hydrogen) atoms. The Bertz CT molecular complexity index is 379. The molecule has 0 amide bonds. The standard InChI is InChI=1S/C28H57NO/c1-5-6-7-8-9-10-11-12-13-14-15-16-17-18-19-20-23-29-27-24-26(25(2)3)21-22-28(27,4)30/h25-27,29-30H,5-24H2,1-4H3. The first-order valence-electron chi connectivity index (χ1n) is 13.9. The summed E-state index contributed by atoms with van der Waals surface area (Å²) < 4.78 is 0. The Morgan fingerprint density at radius 3 is 1.63 bits per heavy atom. The molecule has 2 N–H and O–H groups in total. The van der Waals surface area contributed by atoms with Crippen LogP contribution in [-0.4, -0.2) is 23.3 Å². The van der Waals surface area contributed by atoms with Gasteiger partial charge in [-0.2, -0.15) is 0 Å². The first-order valence-corrected chi connectivity index (χ1v) is 13.9. The molecule has 0 aromatic heterocycles. The van der Waals surface area contributed by atoms with Crippen LogP contribution in [0.2, 0.25) is 0 Å². The Labute approximate surface area is 190 Å². The van der Waals surface area contributed by atoms with Gasteiger partial charge in [-0.25, -0.2) is 0 Å². The molecule has 0 radical (unpaired) electrons. The number of unbranched alkanes of at least 4 members (excludes halogenated alkanes) is 15. The van der Waals surface area contributed by atoms with Crippen LogP contribution < -0.4 is 5.32 Å². The molecule has 1 aliphatic rings. The fourth-order valence-electron chi connectivity index (χ4n) is 5.18. The van der Waals surface area contributed by atoms with Gasteiger partial charge in [0.15, 0.2) is 0 Å². The number of hydrogen-bond acceptors (Lipinski definition) is 2. The van der Waals surface area contributed by atoms with E-state index in [1.54, 1.807) is 0 Å². The minimum atomic E-state index is -0.513. The van der Waals surface area contributed by atoms with E-state index in [9.17, 15) is 5.11 Å². The Hall–Kier alpha value is -0.0800. The van der Waals surface area contributed by atoms with Crippen molar-refractivity contribution in [1.82, 2.24) is 5.32 Å². The van der Waals surface area contributed by atoms with Crippen LogP contribution in [0.1, 0.15) is 150 Å². The third-order valence-corrected chi connectivity index (χ3v) is 7.67. The second-order valence-electron chi connectivity index (χ2n) is 10.9. The Morgan fingerprint density at radius 2 is 1.20 bits per heavy atom. The number of aliphatic hydroxyl groups is 1. The summed E-state index contributed by atoms with van der Waals surface area (Å²) in [6, 6.07) is 0.287. The van der Waals surface area contributed by atoms with Crippen LogP contribution in [0.4, 0.5) is 0 Å². The van der Waals surface area contributed by atoms with Gasteiger partial charge in [0.25, 0.3) is 0 Å². The van der Waals surface area contributed by atoms with E-state index in [1.165, 1.54) is 109 Å². The molecule has 0 heterocycles. The summed E-state index contributed by atoms with van der Waals surface area (Å²) in [6.07, 6.45) is 26.0. The molecule has 2 heteroatoms. The van der Waals surface area contributed by atoms with Gasteiger partial charge in [0.1, 0.15) is 0 Å². The van der Waals surface area contributed by atoms with E-state index < -0.39 is 5.60 Å². The third-order valence-electron chi connectivity index (χ3n) is 7.67. The van der Waals surface area contributed by atoms with Crippen LogP contribution in [0.15, 0.2) is 0 Å². The van der Waals surface area contributed by atoms with Crippen LogP contribution in [0.3, 0.4) is 0 Å². The number of hydrogen-bond donors (Lipinski definition) is 2. The van der Waals surface area contributed by atoms with Crippen molar-refractivity contribution in [3.63, 3.8) is 0 Å². The van der Waals surface area contributed by atoms with Crippen molar-refractivity contribution in [2.75, 3.05) is 6.54 Å². The summed E-state index contributed by atoms with van der Waals surface area (Å²) >= 11 is 0. The van der Waals surface area contributed by atoms with E-state index in [4.69, 9.17) is 0 Å². The fourth-order valence-corrected chi connectivity index (χ4v) is 5.18. The van der Waals surface area contributed by atoms with Crippen molar-refractivity contribution in [3.05, 3.63) is 0 Å². The molecule has 0 spiro atoms. The lowest BCUT2D eigenvalue weighted by molar-refractivity contribution is -0.0302. The first kappa shape index (κ1) is 28.0. The Balaban J connectivity index is 1.86. The molecule has 0 bridgehead atoms. The summed E-state index contributed by atoms with van der Waals surface area (Å²) in [5.74, 6) is 1.51. The molecule has 180 valence electrons. The first-order chi connectivity index (χ1) is 14.5. The quantitative estimate of drug-likeness (QED) is 0.204. The monoisotopic (exact) mass is 423 g/mol. The van der Waals surface area contributed by atoms with Gasteiger partial charge < -0.3 is 10.4 Å². The molecule has 3 unspecified atom stereocenters. The average molecular weight is 424 g/mol. The van der Waals surface area contributed by atoms with E-state index >= 15 is 0 Å². The molecule has 0 aliphatic heterocycles. The summed E-state index contributed by atoms with van der Waals surface area (Å²) in [5, 5.41) is 14.4. The van der Waals surface area contributed by atoms with E-state index in [1.807, 2.05) is 6.92 Å². The zero-order valence-electron chi connectivity index (χ0n) is 21.3. The lowest BCUT2D eigenvalue weighted by Gasteiger charge is -2.42. The summed E-state index contributed by atoms with van der Waals surface area (Å²) in [6.45, 7) is 10.1. The van der Waals surface area contributed by atoms with E-state index in [2.05, 4.69) is 26.1 Å². The van der Waals surface area contributed by atoms with Crippen LogP contribution >= 0.6 is 0 Å². The highest BCUT2D eigenvalue weighted by molar-refractivity contribution is 4.94. The zero-order chi connectivity index (χ0) is 22.1. The topological polar surface area (TPSA) is 32.3 Å². The highest BCUT2D eigenvalue weighted by atomic mass is 16.3. The maximum absolute atomic E-state index is 10.7. The molecule has 2 nitrogen and oxygen atoms in total. The van der Waals surface area contributed by atoms with E-state index in [-0.39, 0.29) is 6.04 Å². The molecule has 0 aromatic rings. The van der Waals surface area contributed by atoms with Crippen LogP contribution in [0.25, 0.3) is 0 Å². The zero-order valence-corrected chi connectivity index (χ0v) is 21.3. The lowest BCUT2D eigenvalue weighted by Crippen LogP contribution is -2.53. The predicted octanol–water partition coefficient (Wildman–Crippen LogP) is 8.41. The summed E-state index contributed by atoms with van der Waals surface area (Å²) in [4.78, 5) is 0. The third kappa shape index (κ3) is 13.4. The van der Waals surface area contributed by atoms with Crippen LogP contribution in [0, 0.1) is 11.8 Å². The Morgan fingerprint density at radius 1 is 0.767 bits per heavy atom. The minimum absolute atomic E-state index is 0.287. The van der Waals surface area contributed by atoms with Gasteiger partial charge in [-0.3, -0.25) is 0 Å². The highest BCUT2D eigenvalue weighted by Crippen LogP contribution is 2.35. The van der Waals surface area contributed by atoms with E-state index in [0.29, 0.717) is 0 Å². The predicted molar refractivity (Wildman–Crippen MR) is 134 cm³/mol.